The molecule has 1 aromatic heterocycles. The summed E-state index contributed by atoms with van der Waals surface area (Å²) in [4.78, 5) is 26.2. The van der Waals surface area contributed by atoms with Crippen LogP contribution in [0, 0.1) is 5.92 Å². The fourth-order valence-electron chi connectivity index (χ4n) is 3.22. The molecule has 2 N–H and O–H groups in total. The van der Waals surface area contributed by atoms with E-state index in [4.69, 9.17) is 0 Å². The predicted octanol–water partition coefficient (Wildman–Crippen LogP) is -3.88. The van der Waals surface area contributed by atoms with E-state index in [1.54, 1.807) is 11.3 Å². The third-order valence-corrected chi connectivity index (χ3v) is 5.53. The molecule has 3 rings (SSSR count). The van der Waals surface area contributed by atoms with Crippen LogP contribution in [-0.2, 0) is 22.6 Å². The Morgan fingerprint density at radius 3 is 2.96 bits per heavy atom. The molecule has 120 valence electrons. The van der Waals surface area contributed by atoms with Crippen LogP contribution in [0.25, 0.3) is 0 Å². The van der Waals surface area contributed by atoms with Gasteiger partial charge in [-0.25, -0.2) is 0 Å². The molecule has 1 aromatic rings. The van der Waals surface area contributed by atoms with Gasteiger partial charge < -0.3 is 20.3 Å². The first-order valence-electron chi connectivity index (χ1n) is 7.48. The van der Waals surface area contributed by atoms with Crippen molar-refractivity contribution in [3.05, 3.63) is 21.9 Å². The van der Waals surface area contributed by atoms with Gasteiger partial charge in [0.25, 0.3) is 0 Å². The minimum Gasteiger partial charge on any atom is -0.550 e. The van der Waals surface area contributed by atoms with Crippen LogP contribution in [0.3, 0.4) is 0 Å². The van der Waals surface area contributed by atoms with E-state index in [1.807, 2.05) is 0 Å². The van der Waals surface area contributed by atoms with Crippen molar-refractivity contribution in [2.24, 2.45) is 5.92 Å². The maximum atomic E-state index is 12.1. The van der Waals surface area contributed by atoms with E-state index in [9.17, 15) is 19.8 Å². The van der Waals surface area contributed by atoms with Crippen molar-refractivity contribution >= 4 is 23.2 Å². The molecule has 0 aromatic carbocycles. The first-order valence-corrected chi connectivity index (χ1v) is 8.36. The molecule has 1 amide bonds. The summed E-state index contributed by atoms with van der Waals surface area (Å²) in [5.74, 6) is -1.73. The number of rotatable bonds is 5. The van der Waals surface area contributed by atoms with E-state index in [2.05, 4.69) is 21.7 Å². The van der Waals surface area contributed by atoms with Crippen LogP contribution in [0.2, 0.25) is 0 Å². The predicted molar refractivity (Wildman–Crippen MR) is 79.0 cm³/mol. The Hall–Kier alpha value is 0.196. The number of hydrogen-bond acceptors (Lipinski definition) is 6. The number of aliphatic carboxylic acids is 1. The molecule has 0 radical (unpaired) electrons. The van der Waals surface area contributed by atoms with Crippen molar-refractivity contribution in [1.29, 1.82) is 0 Å². The van der Waals surface area contributed by atoms with E-state index in [1.165, 1.54) is 10.4 Å². The van der Waals surface area contributed by atoms with Gasteiger partial charge in [-0.15, -0.1) is 11.3 Å². The summed E-state index contributed by atoms with van der Waals surface area (Å²) in [6.07, 6.45) is 0.508. The third kappa shape index (κ3) is 4.85. The normalized spacial score (nSPS) is 26.6. The Balaban J connectivity index is 0.00000192. The van der Waals surface area contributed by atoms with E-state index in [0.29, 0.717) is 13.0 Å². The van der Waals surface area contributed by atoms with Crippen LogP contribution in [0.4, 0.5) is 0 Å². The third-order valence-electron chi connectivity index (χ3n) is 4.51. The molecule has 3 atom stereocenters. The standard InChI is InChI=1S/C15H20N2O4S.K/c18-12-6-11(10(12)5-15(20)21)16-14(19)8-17-3-1-13-9(7-17)2-4-22-13;/h2,4,10-12,18H,1,3,5-8H2,(H,16,19)(H,20,21);/q;+1/p-1/t10-,11+,12-;/m1./s1. The molecule has 0 saturated heterocycles. The van der Waals surface area contributed by atoms with Crippen molar-refractivity contribution in [2.75, 3.05) is 13.1 Å². The fraction of sp³-hybridized carbons (Fsp3) is 0.600. The number of fused-ring (bicyclic) bond motifs is 1. The number of aliphatic hydroxyl groups is 1. The average Bonchev–Trinajstić information content (AvgIpc) is 2.92. The molecule has 0 bridgehead atoms. The zero-order valence-electron chi connectivity index (χ0n) is 13.2. The van der Waals surface area contributed by atoms with Gasteiger partial charge in [0.05, 0.1) is 12.6 Å². The number of carbonyl (C=O) groups excluding carboxylic acids is 2. The summed E-state index contributed by atoms with van der Waals surface area (Å²) in [7, 11) is 0. The maximum absolute atomic E-state index is 12.1. The Morgan fingerprint density at radius 2 is 2.26 bits per heavy atom. The number of carboxylic acids is 1. The van der Waals surface area contributed by atoms with Crippen LogP contribution in [0.5, 0.6) is 0 Å². The second-order valence-corrected chi connectivity index (χ2v) is 7.05. The number of carboxylic acid groups (broad SMARTS) is 1. The van der Waals surface area contributed by atoms with Crippen molar-refractivity contribution in [3.8, 4) is 0 Å². The second-order valence-electron chi connectivity index (χ2n) is 6.05. The molecule has 1 saturated carbocycles. The number of thiophene rings is 1. The first-order chi connectivity index (χ1) is 10.5. The van der Waals surface area contributed by atoms with Crippen LogP contribution in [0.15, 0.2) is 11.4 Å². The smallest absolute Gasteiger partial charge is 0.550 e. The maximum Gasteiger partial charge on any atom is 1.00 e. The van der Waals surface area contributed by atoms with Gasteiger partial charge in [0.1, 0.15) is 0 Å². The zero-order chi connectivity index (χ0) is 15.7. The summed E-state index contributed by atoms with van der Waals surface area (Å²) in [6.45, 7) is 1.94. The summed E-state index contributed by atoms with van der Waals surface area (Å²) in [6, 6.07) is 1.84. The molecule has 1 aliphatic carbocycles. The molecular weight excluding hydrogens is 343 g/mol. The van der Waals surface area contributed by atoms with Gasteiger partial charge in [-0.1, -0.05) is 0 Å². The van der Waals surface area contributed by atoms with Gasteiger partial charge in [0, 0.05) is 35.9 Å². The molecule has 6 nitrogen and oxygen atoms in total. The van der Waals surface area contributed by atoms with Gasteiger partial charge in [0.15, 0.2) is 0 Å². The average molecular weight is 362 g/mol. The topological polar surface area (TPSA) is 92.7 Å². The van der Waals surface area contributed by atoms with E-state index in [-0.39, 0.29) is 69.8 Å². The van der Waals surface area contributed by atoms with Crippen LogP contribution < -0.4 is 61.8 Å². The largest absolute Gasteiger partial charge is 1.00 e. The zero-order valence-corrected chi connectivity index (χ0v) is 17.1. The van der Waals surface area contributed by atoms with Gasteiger partial charge in [-0.3, -0.25) is 9.69 Å². The number of hydrogen-bond donors (Lipinski definition) is 2. The Morgan fingerprint density at radius 1 is 1.48 bits per heavy atom. The van der Waals surface area contributed by atoms with Gasteiger partial charge in [-0.05, 0) is 36.3 Å². The Labute approximate surface area is 181 Å². The minimum absolute atomic E-state index is 0. The van der Waals surface area contributed by atoms with Crippen molar-refractivity contribution in [2.45, 2.75) is 38.0 Å². The number of nitrogens with one attached hydrogen (secondary N) is 1. The summed E-state index contributed by atoms with van der Waals surface area (Å²) >= 11 is 1.76. The summed E-state index contributed by atoms with van der Waals surface area (Å²) < 4.78 is 0. The minimum atomic E-state index is -1.19. The number of amides is 1. The molecule has 2 aliphatic rings. The molecule has 2 heterocycles. The molecular formula is C15H19KN2O4S. The number of aliphatic hydroxyl groups excluding tert-OH is 1. The first kappa shape index (κ1) is 19.5. The van der Waals surface area contributed by atoms with E-state index in [0.717, 1.165) is 19.5 Å². The quantitative estimate of drug-likeness (QED) is 0.523. The fourth-order valence-corrected chi connectivity index (χ4v) is 4.11. The second kappa shape index (κ2) is 8.53. The van der Waals surface area contributed by atoms with E-state index >= 15 is 0 Å². The van der Waals surface area contributed by atoms with Crippen LogP contribution in [0.1, 0.15) is 23.3 Å². The molecule has 23 heavy (non-hydrogen) atoms. The number of carbonyl (C=O) groups is 2. The molecule has 8 heteroatoms. The molecule has 1 fully saturated rings. The molecule has 0 spiro atoms. The molecule has 1 aliphatic heterocycles. The van der Waals surface area contributed by atoms with Gasteiger partial charge >= 0.3 is 51.4 Å². The van der Waals surface area contributed by atoms with Crippen molar-refractivity contribution in [3.63, 3.8) is 0 Å². The Kier molecular flexibility index (Phi) is 7.24. The van der Waals surface area contributed by atoms with Gasteiger partial charge in [0.2, 0.25) is 5.91 Å². The number of nitrogens with zero attached hydrogens (tertiary/aromatic N) is 1. The summed E-state index contributed by atoms with van der Waals surface area (Å²) in [5.41, 5.74) is 1.29. The molecule has 0 unspecified atom stereocenters. The van der Waals surface area contributed by atoms with Crippen LogP contribution >= 0.6 is 11.3 Å². The summed E-state index contributed by atoms with van der Waals surface area (Å²) in [5, 5.41) is 25.2. The van der Waals surface area contributed by atoms with Crippen LogP contribution in [-0.4, -0.2) is 47.1 Å². The van der Waals surface area contributed by atoms with Gasteiger partial charge in [-0.2, -0.15) is 0 Å². The van der Waals surface area contributed by atoms with E-state index < -0.39 is 18.0 Å². The van der Waals surface area contributed by atoms with Crippen molar-refractivity contribution in [1.82, 2.24) is 10.2 Å². The van der Waals surface area contributed by atoms with Crippen molar-refractivity contribution < 1.29 is 71.2 Å². The Bertz CT molecular complexity index is 580. The monoisotopic (exact) mass is 362 g/mol. The SMILES string of the molecule is O=C([O-])C[C@H]1[C@H](O)C[C@@H]1NC(=O)CN1CCc2sccc2C1.[K+].